The molecule has 6 aromatic rings. The molecule has 2 saturated heterocycles. The van der Waals surface area contributed by atoms with E-state index in [1.165, 1.54) is 0 Å². The molecule has 10 atom stereocenters. The van der Waals surface area contributed by atoms with Gasteiger partial charge in [0, 0.05) is 13.0 Å². The fourth-order valence-corrected chi connectivity index (χ4v) is 8.81. The van der Waals surface area contributed by atoms with Gasteiger partial charge in [0.25, 0.3) is 0 Å². The van der Waals surface area contributed by atoms with Crippen LogP contribution in [0.5, 0.6) is 0 Å². The van der Waals surface area contributed by atoms with Gasteiger partial charge in [-0.3, -0.25) is 0 Å². The van der Waals surface area contributed by atoms with E-state index in [-0.39, 0.29) is 19.8 Å². The summed E-state index contributed by atoms with van der Waals surface area (Å²) in [7, 11) is 1.54. The third-order valence-electron chi connectivity index (χ3n) is 12.2. The highest BCUT2D eigenvalue weighted by atomic mass is 16.7. The van der Waals surface area contributed by atoms with Crippen molar-refractivity contribution in [2.24, 2.45) is 5.92 Å². The average molecular weight is 895 g/mol. The van der Waals surface area contributed by atoms with Crippen LogP contribution < -0.4 is 0 Å². The van der Waals surface area contributed by atoms with Crippen molar-refractivity contribution in [1.29, 1.82) is 0 Å². The van der Waals surface area contributed by atoms with Crippen molar-refractivity contribution < 1.29 is 47.7 Å². The lowest BCUT2D eigenvalue weighted by Gasteiger charge is -2.49. The Bertz CT molecular complexity index is 2220. The number of benzene rings is 6. The molecule has 10 heteroatoms. The fourth-order valence-electron chi connectivity index (χ4n) is 8.81. The number of aliphatic hydroxyl groups is 1. The molecule has 346 valence electrons. The molecule has 1 N–H and O–H groups in total. The second kappa shape index (κ2) is 25.2. The van der Waals surface area contributed by atoms with Gasteiger partial charge >= 0.3 is 0 Å². The summed E-state index contributed by atoms with van der Waals surface area (Å²) in [5, 5.41) is 12.3. The van der Waals surface area contributed by atoms with Crippen molar-refractivity contribution >= 4 is 0 Å². The Balaban J connectivity index is 1.14. The predicted molar refractivity (Wildman–Crippen MR) is 251 cm³/mol. The van der Waals surface area contributed by atoms with E-state index >= 15 is 0 Å². The highest BCUT2D eigenvalue weighted by Gasteiger charge is 2.53. The first-order chi connectivity index (χ1) is 32.6. The van der Waals surface area contributed by atoms with Crippen LogP contribution in [0.25, 0.3) is 0 Å². The lowest BCUT2D eigenvalue weighted by Crippen LogP contribution is -2.63. The van der Waals surface area contributed by atoms with Gasteiger partial charge in [-0.05, 0) is 39.8 Å². The third-order valence-corrected chi connectivity index (χ3v) is 12.2. The van der Waals surface area contributed by atoms with Crippen molar-refractivity contribution in [3.8, 4) is 0 Å². The van der Waals surface area contributed by atoms with Gasteiger partial charge in [0.1, 0.15) is 36.6 Å². The molecule has 0 aliphatic carbocycles. The van der Waals surface area contributed by atoms with Crippen molar-refractivity contribution in [2.45, 2.75) is 101 Å². The molecule has 2 aliphatic heterocycles. The Kier molecular flexibility index (Phi) is 18.1. The largest absolute Gasteiger partial charge is 0.387 e. The van der Waals surface area contributed by atoms with Gasteiger partial charge in [0.05, 0.1) is 65.1 Å². The summed E-state index contributed by atoms with van der Waals surface area (Å²) in [6.07, 6.45) is -6.14. The normalized spacial score (nSPS) is 25.4. The number of rotatable bonds is 23. The topological polar surface area (TPSA) is 103 Å². The molecule has 0 radical (unpaired) electrons. The smallest absolute Gasteiger partial charge is 0.184 e. The molecule has 0 saturated carbocycles. The molecule has 6 aromatic carbocycles. The fraction of sp³-hybridized carbons (Fsp3) is 0.357. The zero-order valence-electron chi connectivity index (χ0n) is 37.6. The van der Waals surface area contributed by atoms with E-state index in [9.17, 15) is 5.11 Å². The molecular weight excluding hydrogens is 833 g/mol. The van der Waals surface area contributed by atoms with Crippen LogP contribution in [0, 0.1) is 5.92 Å². The number of ether oxygens (including phenoxy) is 9. The third kappa shape index (κ3) is 13.5. The van der Waals surface area contributed by atoms with Crippen LogP contribution in [0.4, 0.5) is 0 Å². The van der Waals surface area contributed by atoms with Crippen LogP contribution in [-0.4, -0.2) is 80.6 Å². The van der Waals surface area contributed by atoms with Gasteiger partial charge in [-0.1, -0.05) is 182 Å². The average Bonchev–Trinajstić information content (AvgIpc) is 3.37. The number of hydrogen-bond acceptors (Lipinski definition) is 10. The van der Waals surface area contributed by atoms with Crippen LogP contribution >= 0.6 is 0 Å². The van der Waals surface area contributed by atoms with E-state index in [4.69, 9.17) is 42.6 Å². The zero-order valence-corrected chi connectivity index (χ0v) is 37.6. The van der Waals surface area contributed by atoms with Crippen molar-refractivity contribution in [2.75, 3.05) is 20.3 Å². The standard InChI is InChI=1S/C56H62O10/c1-58-56-51(57)47(52(61-35-43-24-12-4-13-25-43)49(66-56)39-59-33-41-20-8-2-9-21-41)32-48-53(62-36-44-26-14-5-15-27-44)55(64-38-46-30-18-7-19-31-46)54(63-37-45-28-16-6-17-29-45)50(65-48)40-60-34-42-22-10-3-11-23-42/h2-31,47-57H,32-40H2,1H3/t47-,48-,49-,50-,51+,52+,53-,54-,55-,56+/m1/s1. The van der Waals surface area contributed by atoms with E-state index in [1.54, 1.807) is 7.11 Å². The van der Waals surface area contributed by atoms with Crippen molar-refractivity contribution in [3.63, 3.8) is 0 Å². The van der Waals surface area contributed by atoms with Crippen LogP contribution in [0.1, 0.15) is 39.8 Å². The summed E-state index contributed by atoms with van der Waals surface area (Å²) in [6, 6.07) is 60.4. The maximum atomic E-state index is 12.3. The molecule has 0 amide bonds. The Morgan fingerprint density at radius 2 is 0.697 bits per heavy atom. The van der Waals surface area contributed by atoms with Crippen molar-refractivity contribution in [3.05, 3.63) is 215 Å². The van der Waals surface area contributed by atoms with Crippen LogP contribution in [0.15, 0.2) is 182 Å². The minimum Gasteiger partial charge on any atom is -0.387 e. The van der Waals surface area contributed by atoms with Gasteiger partial charge < -0.3 is 47.7 Å². The number of methoxy groups -OCH3 is 1. The second-order valence-corrected chi connectivity index (χ2v) is 16.9. The molecule has 0 unspecified atom stereocenters. The van der Waals surface area contributed by atoms with E-state index in [0.717, 1.165) is 33.4 Å². The summed E-state index contributed by atoms with van der Waals surface area (Å²) in [4.78, 5) is 0. The highest BCUT2D eigenvalue weighted by Crippen LogP contribution is 2.39. The summed E-state index contributed by atoms with van der Waals surface area (Å²) < 4.78 is 60.3. The molecule has 0 aromatic heterocycles. The molecule has 0 bridgehead atoms. The Morgan fingerprint density at radius 1 is 0.379 bits per heavy atom. The van der Waals surface area contributed by atoms with Gasteiger partial charge in [-0.15, -0.1) is 0 Å². The molecular formula is C56H62O10. The minimum absolute atomic E-state index is 0.199. The molecule has 0 spiro atoms. The summed E-state index contributed by atoms with van der Waals surface area (Å²) in [5.41, 5.74) is 6.10. The highest BCUT2D eigenvalue weighted by molar-refractivity contribution is 5.18. The molecule has 10 nitrogen and oxygen atoms in total. The molecule has 66 heavy (non-hydrogen) atoms. The van der Waals surface area contributed by atoms with Crippen LogP contribution in [0.2, 0.25) is 0 Å². The number of hydrogen-bond donors (Lipinski definition) is 1. The zero-order chi connectivity index (χ0) is 45.2. The van der Waals surface area contributed by atoms with E-state index < -0.39 is 61.0 Å². The monoisotopic (exact) mass is 894 g/mol. The number of aliphatic hydroxyl groups excluding tert-OH is 1. The van der Waals surface area contributed by atoms with Gasteiger partial charge in [0.15, 0.2) is 6.29 Å². The first kappa shape index (κ1) is 47.4. The first-order valence-corrected chi connectivity index (χ1v) is 23.0. The Morgan fingerprint density at radius 3 is 1.08 bits per heavy atom. The summed E-state index contributed by atoms with van der Waals surface area (Å²) in [6.45, 7) is 2.38. The van der Waals surface area contributed by atoms with Gasteiger partial charge in [-0.25, -0.2) is 0 Å². The van der Waals surface area contributed by atoms with E-state index in [0.29, 0.717) is 39.5 Å². The quantitative estimate of drug-likeness (QED) is 0.0670. The summed E-state index contributed by atoms with van der Waals surface area (Å²) >= 11 is 0. The molecule has 2 fully saturated rings. The SMILES string of the molecule is CO[C@H]1O[C@H](COCc2ccccc2)[C@@H](OCc2ccccc2)[C@H](C[C@H]2O[C@H](COCc3ccccc3)[C@@H](OCc3ccccc3)[C@H](OCc3ccccc3)[C@@H]2OCc2ccccc2)[C@@H]1O. The summed E-state index contributed by atoms with van der Waals surface area (Å²) in [5.74, 6) is -0.562. The molecule has 2 heterocycles. The van der Waals surface area contributed by atoms with Crippen LogP contribution in [-0.2, 0) is 82.3 Å². The Labute approximate surface area is 389 Å². The van der Waals surface area contributed by atoms with Gasteiger partial charge in [-0.2, -0.15) is 0 Å². The van der Waals surface area contributed by atoms with Gasteiger partial charge in [0.2, 0.25) is 0 Å². The Hall–Kier alpha value is -5.08. The lowest BCUT2D eigenvalue weighted by molar-refractivity contribution is -0.308. The van der Waals surface area contributed by atoms with E-state index in [2.05, 4.69) is 12.1 Å². The maximum Gasteiger partial charge on any atom is 0.184 e. The lowest BCUT2D eigenvalue weighted by atomic mass is 9.81. The predicted octanol–water partition coefficient (Wildman–Crippen LogP) is 9.27. The maximum absolute atomic E-state index is 12.3. The van der Waals surface area contributed by atoms with E-state index in [1.807, 2.05) is 170 Å². The molecule has 8 rings (SSSR count). The van der Waals surface area contributed by atoms with Crippen LogP contribution in [0.3, 0.4) is 0 Å². The van der Waals surface area contributed by atoms with Crippen molar-refractivity contribution in [1.82, 2.24) is 0 Å². The first-order valence-electron chi connectivity index (χ1n) is 23.0. The minimum atomic E-state index is -1.09. The second-order valence-electron chi connectivity index (χ2n) is 16.9. The molecule has 2 aliphatic rings.